The SMILES string of the molecule is C#C/C(=C\C(=C/C)C1=CCC(C)C=C1)OCCC(F)(F)F. The number of halogens is 3. The molecule has 1 aliphatic carbocycles. The lowest BCUT2D eigenvalue weighted by atomic mass is 9.93. The zero-order valence-corrected chi connectivity index (χ0v) is 12.2. The van der Waals surface area contributed by atoms with Gasteiger partial charge in [0.2, 0.25) is 0 Å². The van der Waals surface area contributed by atoms with Crippen LogP contribution in [0.5, 0.6) is 0 Å². The molecule has 0 spiro atoms. The van der Waals surface area contributed by atoms with E-state index < -0.39 is 19.2 Å². The van der Waals surface area contributed by atoms with E-state index in [1.807, 2.05) is 19.1 Å². The molecule has 0 aromatic rings. The summed E-state index contributed by atoms with van der Waals surface area (Å²) in [6.07, 6.45) is 10.6. The molecule has 114 valence electrons. The summed E-state index contributed by atoms with van der Waals surface area (Å²) < 4.78 is 41.3. The Hall–Kier alpha value is -1.89. The summed E-state index contributed by atoms with van der Waals surface area (Å²) >= 11 is 0. The molecule has 1 nitrogen and oxygen atoms in total. The van der Waals surface area contributed by atoms with Gasteiger partial charge >= 0.3 is 6.18 Å². The summed E-state index contributed by atoms with van der Waals surface area (Å²) in [6.45, 7) is 3.49. The second-order valence-corrected chi connectivity index (χ2v) is 4.84. The fourth-order valence-corrected chi connectivity index (χ4v) is 1.82. The molecule has 1 unspecified atom stereocenters. The van der Waals surface area contributed by atoms with Crippen LogP contribution >= 0.6 is 0 Å². The highest BCUT2D eigenvalue weighted by atomic mass is 19.4. The summed E-state index contributed by atoms with van der Waals surface area (Å²) in [5.74, 6) is 2.88. The van der Waals surface area contributed by atoms with Crippen molar-refractivity contribution in [1.29, 1.82) is 0 Å². The minimum atomic E-state index is -4.24. The Balaban J connectivity index is 2.72. The third kappa shape index (κ3) is 6.40. The van der Waals surface area contributed by atoms with Gasteiger partial charge in [-0.15, -0.1) is 6.42 Å². The van der Waals surface area contributed by atoms with Crippen molar-refractivity contribution >= 4 is 0 Å². The first-order chi connectivity index (χ1) is 9.85. The smallest absolute Gasteiger partial charge is 0.392 e. The number of hydrogen-bond acceptors (Lipinski definition) is 1. The van der Waals surface area contributed by atoms with Gasteiger partial charge in [0.15, 0.2) is 5.76 Å². The van der Waals surface area contributed by atoms with E-state index in [1.165, 1.54) is 0 Å². The first-order valence-corrected chi connectivity index (χ1v) is 6.78. The number of ether oxygens (including phenoxy) is 1. The van der Waals surface area contributed by atoms with Gasteiger partial charge in [-0.25, -0.2) is 0 Å². The van der Waals surface area contributed by atoms with Crippen LogP contribution in [0.15, 0.2) is 47.3 Å². The van der Waals surface area contributed by atoms with Crippen molar-refractivity contribution < 1.29 is 17.9 Å². The summed E-state index contributed by atoms with van der Waals surface area (Å²) in [4.78, 5) is 0. The van der Waals surface area contributed by atoms with Crippen LogP contribution in [0, 0.1) is 18.3 Å². The van der Waals surface area contributed by atoms with Gasteiger partial charge in [0.25, 0.3) is 0 Å². The van der Waals surface area contributed by atoms with Crippen LogP contribution in [0.2, 0.25) is 0 Å². The Bertz CT molecular complexity index is 513. The number of allylic oxidation sites excluding steroid dienone is 8. The van der Waals surface area contributed by atoms with Crippen molar-refractivity contribution in [2.45, 2.75) is 32.9 Å². The fraction of sp³-hybridized carbons (Fsp3) is 0.412. The molecule has 1 rings (SSSR count). The summed E-state index contributed by atoms with van der Waals surface area (Å²) in [7, 11) is 0. The summed E-state index contributed by atoms with van der Waals surface area (Å²) in [5.41, 5.74) is 1.85. The Morgan fingerprint density at radius 1 is 1.52 bits per heavy atom. The molecule has 0 amide bonds. The number of terminal acetylenes is 1. The predicted octanol–water partition coefficient (Wildman–Crippen LogP) is 4.94. The molecule has 0 saturated heterocycles. The van der Waals surface area contributed by atoms with Gasteiger partial charge in [-0.05, 0) is 42.4 Å². The van der Waals surface area contributed by atoms with Gasteiger partial charge < -0.3 is 4.74 Å². The number of rotatable bonds is 5. The van der Waals surface area contributed by atoms with Crippen molar-refractivity contribution in [1.82, 2.24) is 0 Å². The third-order valence-corrected chi connectivity index (χ3v) is 3.03. The largest absolute Gasteiger partial charge is 0.485 e. The Morgan fingerprint density at radius 3 is 2.71 bits per heavy atom. The molecule has 1 atom stereocenters. The maximum atomic E-state index is 12.1. The third-order valence-electron chi connectivity index (χ3n) is 3.03. The van der Waals surface area contributed by atoms with Crippen LogP contribution in [0.25, 0.3) is 0 Å². The van der Waals surface area contributed by atoms with Crippen LogP contribution in [-0.4, -0.2) is 12.8 Å². The molecule has 0 N–H and O–H groups in total. The van der Waals surface area contributed by atoms with Crippen LogP contribution in [0.4, 0.5) is 13.2 Å². The molecule has 4 heteroatoms. The lowest BCUT2D eigenvalue weighted by Gasteiger charge is -2.13. The molecule has 0 radical (unpaired) electrons. The quantitative estimate of drug-likeness (QED) is 0.396. The van der Waals surface area contributed by atoms with Gasteiger partial charge in [-0.2, -0.15) is 13.2 Å². The fourth-order valence-electron chi connectivity index (χ4n) is 1.82. The molecule has 0 aromatic heterocycles. The highest BCUT2D eigenvalue weighted by Gasteiger charge is 2.26. The molecule has 1 aliphatic rings. The van der Waals surface area contributed by atoms with Gasteiger partial charge in [-0.3, -0.25) is 0 Å². The van der Waals surface area contributed by atoms with E-state index in [-0.39, 0.29) is 5.76 Å². The number of hydrogen-bond donors (Lipinski definition) is 0. The van der Waals surface area contributed by atoms with E-state index in [2.05, 4.69) is 25.0 Å². The maximum Gasteiger partial charge on any atom is 0.392 e. The summed E-state index contributed by atoms with van der Waals surface area (Å²) in [5, 5.41) is 0. The van der Waals surface area contributed by atoms with Crippen molar-refractivity contribution in [2.24, 2.45) is 5.92 Å². The van der Waals surface area contributed by atoms with E-state index in [4.69, 9.17) is 11.2 Å². The predicted molar refractivity (Wildman–Crippen MR) is 78.3 cm³/mol. The number of alkyl halides is 3. The Morgan fingerprint density at radius 2 is 2.24 bits per heavy atom. The minimum absolute atomic E-state index is 0.111. The maximum absolute atomic E-state index is 12.1. The van der Waals surface area contributed by atoms with Crippen LogP contribution in [-0.2, 0) is 4.74 Å². The average molecular weight is 296 g/mol. The zero-order chi connectivity index (χ0) is 15.9. The zero-order valence-electron chi connectivity index (χ0n) is 12.2. The lowest BCUT2D eigenvalue weighted by Crippen LogP contribution is -2.11. The average Bonchev–Trinajstić information content (AvgIpc) is 2.42. The van der Waals surface area contributed by atoms with E-state index in [0.717, 1.165) is 17.6 Å². The molecule has 0 aliphatic heterocycles. The molecule has 0 fully saturated rings. The molecule has 0 aromatic carbocycles. The van der Waals surface area contributed by atoms with Crippen LogP contribution < -0.4 is 0 Å². The topological polar surface area (TPSA) is 9.23 Å². The van der Waals surface area contributed by atoms with Crippen molar-refractivity contribution in [2.75, 3.05) is 6.61 Å². The second-order valence-electron chi connectivity index (χ2n) is 4.84. The van der Waals surface area contributed by atoms with Gasteiger partial charge in [-0.1, -0.05) is 31.2 Å². The Labute approximate surface area is 123 Å². The second kappa shape index (κ2) is 7.78. The molecule has 0 bridgehead atoms. The van der Waals surface area contributed by atoms with Crippen LogP contribution in [0.3, 0.4) is 0 Å². The van der Waals surface area contributed by atoms with Crippen molar-refractivity contribution in [3.05, 3.63) is 47.3 Å². The highest BCUT2D eigenvalue weighted by molar-refractivity contribution is 5.49. The minimum Gasteiger partial charge on any atom is -0.485 e. The first-order valence-electron chi connectivity index (χ1n) is 6.78. The molecular formula is C17H19F3O. The molecule has 0 heterocycles. The highest BCUT2D eigenvalue weighted by Crippen LogP contribution is 2.24. The monoisotopic (exact) mass is 296 g/mol. The van der Waals surface area contributed by atoms with Gasteiger partial charge in [0.05, 0.1) is 13.0 Å². The molecular weight excluding hydrogens is 277 g/mol. The van der Waals surface area contributed by atoms with E-state index >= 15 is 0 Å². The normalized spacial score (nSPS) is 20.0. The molecule has 0 saturated carbocycles. The summed E-state index contributed by atoms with van der Waals surface area (Å²) in [6, 6.07) is 0. The van der Waals surface area contributed by atoms with Crippen LogP contribution in [0.1, 0.15) is 26.7 Å². The lowest BCUT2D eigenvalue weighted by molar-refractivity contribution is -0.142. The standard InChI is InChI=1S/C17H19F3O/c1-4-14(15-8-6-13(3)7-9-15)12-16(5-2)21-11-10-17(18,19)20/h2,4,6,8-9,12-13H,7,10-11H2,1,3H3/b14-4+,16-12+. The Kier molecular flexibility index (Phi) is 6.36. The first kappa shape index (κ1) is 17.2. The molecule has 21 heavy (non-hydrogen) atoms. The van der Waals surface area contributed by atoms with Gasteiger partial charge in [0, 0.05) is 0 Å². The van der Waals surface area contributed by atoms with Crippen molar-refractivity contribution in [3.8, 4) is 12.3 Å². The van der Waals surface area contributed by atoms with E-state index in [1.54, 1.807) is 6.08 Å². The van der Waals surface area contributed by atoms with Crippen molar-refractivity contribution in [3.63, 3.8) is 0 Å². The van der Waals surface area contributed by atoms with Gasteiger partial charge in [0.1, 0.15) is 0 Å². The van der Waals surface area contributed by atoms with E-state index in [0.29, 0.717) is 5.92 Å². The van der Waals surface area contributed by atoms with E-state index in [9.17, 15) is 13.2 Å².